The maximum atomic E-state index is 5.27. The minimum absolute atomic E-state index is 0.482. The lowest BCUT2D eigenvalue weighted by Gasteiger charge is -2.31. The van der Waals surface area contributed by atoms with Crippen molar-refractivity contribution in [2.75, 3.05) is 19.1 Å². The Bertz CT molecular complexity index is 578. The fourth-order valence-electron chi connectivity index (χ4n) is 2.78. The monoisotopic (exact) mass is 313 g/mol. The van der Waals surface area contributed by atoms with Crippen LogP contribution in [0.2, 0.25) is 0 Å². The molecule has 1 unspecified atom stereocenters. The Morgan fingerprint density at radius 2 is 1.39 bits per heavy atom. The van der Waals surface area contributed by atoms with Crippen LogP contribution < -0.4 is 14.4 Å². The summed E-state index contributed by atoms with van der Waals surface area (Å²) in [6.07, 6.45) is 2.35. The molecule has 0 fully saturated rings. The normalized spacial score (nSPS) is 11.8. The van der Waals surface area contributed by atoms with Gasteiger partial charge < -0.3 is 14.4 Å². The van der Waals surface area contributed by atoms with Gasteiger partial charge in [-0.3, -0.25) is 0 Å². The molecule has 3 nitrogen and oxygen atoms in total. The van der Waals surface area contributed by atoms with Crippen molar-refractivity contribution in [3.05, 3.63) is 54.1 Å². The van der Waals surface area contributed by atoms with Gasteiger partial charge in [-0.1, -0.05) is 25.5 Å². The Kier molecular flexibility index (Phi) is 6.33. The number of ether oxygens (including phenoxy) is 2. The van der Waals surface area contributed by atoms with E-state index in [1.807, 2.05) is 24.3 Å². The van der Waals surface area contributed by atoms with Crippen molar-refractivity contribution in [3.63, 3.8) is 0 Å². The molecule has 0 bridgehead atoms. The zero-order valence-corrected chi connectivity index (χ0v) is 14.6. The first kappa shape index (κ1) is 17.2. The molecule has 0 heterocycles. The summed E-state index contributed by atoms with van der Waals surface area (Å²) in [6, 6.07) is 17.1. The molecule has 0 aromatic heterocycles. The van der Waals surface area contributed by atoms with Crippen molar-refractivity contribution in [3.8, 4) is 11.5 Å². The number of methoxy groups -OCH3 is 2. The van der Waals surface area contributed by atoms with Crippen LogP contribution in [0.15, 0.2) is 48.5 Å². The maximum Gasteiger partial charge on any atom is 0.119 e. The van der Waals surface area contributed by atoms with Crippen LogP contribution in [-0.4, -0.2) is 20.3 Å². The lowest BCUT2D eigenvalue weighted by Crippen LogP contribution is -2.32. The third-order valence-electron chi connectivity index (χ3n) is 4.15. The van der Waals surface area contributed by atoms with Crippen LogP contribution in [0.25, 0.3) is 0 Å². The number of rotatable bonds is 8. The van der Waals surface area contributed by atoms with Crippen LogP contribution >= 0.6 is 0 Å². The van der Waals surface area contributed by atoms with Crippen molar-refractivity contribution in [2.24, 2.45) is 0 Å². The minimum atomic E-state index is 0.482. The molecule has 0 saturated heterocycles. The number of anilines is 1. The average molecular weight is 313 g/mol. The van der Waals surface area contributed by atoms with Crippen LogP contribution in [0.1, 0.15) is 32.3 Å². The highest BCUT2D eigenvalue weighted by atomic mass is 16.5. The standard InChI is InChI=1S/C20H27NO2/c1-5-6-16(2)21(18-9-13-20(23-4)14-10-18)15-17-7-11-19(22-3)12-8-17/h7-14,16H,5-6,15H2,1-4H3. The third-order valence-corrected chi connectivity index (χ3v) is 4.15. The van der Waals surface area contributed by atoms with E-state index in [0.717, 1.165) is 18.0 Å². The molecule has 0 N–H and O–H groups in total. The van der Waals surface area contributed by atoms with E-state index < -0.39 is 0 Å². The van der Waals surface area contributed by atoms with E-state index in [9.17, 15) is 0 Å². The molecule has 0 aliphatic carbocycles. The van der Waals surface area contributed by atoms with Gasteiger partial charge in [0.15, 0.2) is 0 Å². The highest BCUT2D eigenvalue weighted by Crippen LogP contribution is 2.25. The van der Waals surface area contributed by atoms with E-state index in [4.69, 9.17) is 9.47 Å². The average Bonchev–Trinajstić information content (AvgIpc) is 2.60. The van der Waals surface area contributed by atoms with Gasteiger partial charge in [0, 0.05) is 18.3 Å². The molecule has 0 aliphatic heterocycles. The minimum Gasteiger partial charge on any atom is -0.497 e. The van der Waals surface area contributed by atoms with Crippen LogP contribution in [-0.2, 0) is 6.54 Å². The molecule has 0 spiro atoms. The van der Waals surface area contributed by atoms with Gasteiger partial charge in [0.2, 0.25) is 0 Å². The second-order valence-corrected chi connectivity index (χ2v) is 5.81. The number of hydrogen-bond donors (Lipinski definition) is 0. The van der Waals surface area contributed by atoms with Crippen molar-refractivity contribution in [1.29, 1.82) is 0 Å². The van der Waals surface area contributed by atoms with Gasteiger partial charge in [-0.05, 0) is 55.3 Å². The Labute approximate surface area is 139 Å². The summed E-state index contributed by atoms with van der Waals surface area (Å²) in [4.78, 5) is 2.45. The van der Waals surface area contributed by atoms with E-state index in [0.29, 0.717) is 6.04 Å². The van der Waals surface area contributed by atoms with Gasteiger partial charge in [-0.2, -0.15) is 0 Å². The Morgan fingerprint density at radius 1 is 0.870 bits per heavy atom. The van der Waals surface area contributed by atoms with Crippen LogP contribution in [0.5, 0.6) is 11.5 Å². The highest BCUT2D eigenvalue weighted by molar-refractivity contribution is 5.50. The van der Waals surface area contributed by atoms with Gasteiger partial charge in [-0.25, -0.2) is 0 Å². The lowest BCUT2D eigenvalue weighted by atomic mass is 10.1. The number of benzene rings is 2. The Morgan fingerprint density at radius 3 is 1.87 bits per heavy atom. The van der Waals surface area contributed by atoms with Crippen molar-refractivity contribution in [2.45, 2.75) is 39.3 Å². The summed E-state index contributed by atoms with van der Waals surface area (Å²) >= 11 is 0. The lowest BCUT2D eigenvalue weighted by molar-refractivity contribution is 0.414. The Hall–Kier alpha value is -2.16. The third kappa shape index (κ3) is 4.65. The first-order valence-corrected chi connectivity index (χ1v) is 8.21. The number of hydrogen-bond acceptors (Lipinski definition) is 3. The molecule has 2 aromatic carbocycles. The van der Waals surface area contributed by atoms with E-state index >= 15 is 0 Å². The molecule has 2 rings (SSSR count). The first-order chi connectivity index (χ1) is 11.2. The molecular weight excluding hydrogens is 286 g/mol. The van der Waals surface area contributed by atoms with Crippen molar-refractivity contribution < 1.29 is 9.47 Å². The van der Waals surface area contributed by atoms with Gasteiger partial charge >= 0.3 is 0 Å². The summed E-state index contributed by atoms with van der Waals surface area (Å²) in [6.45, 7) is 5.41. The second-order valence-electron chi connectivity index (χ2n) is 5.81. The summed E-state index contributed by atoms with van der Waals surface area (Å²) < 4.78 is 10.5. The zero-order chi connectivity index (χ0) is 16.7. The summed E-state index contributed by atoms with van der Waals surface area (Å²) in [5.74, 6) is 1.78. The van der Waals surface area contributed by atoms with Crippen molar-refractivity contribution >= 4 is 5.69 Å². The number of nitrogens with zero attached hydrogens (tertiary/aromatic N) is 1. The molecule has 0 saturated carbocycles. The summed E-state index contributed by atoms with van der Waals surface area (Å²) in [5.41, 5.74) is 2.51. The molecule has 124 valence electrons. The van der Waals surface area contributed by atoms with Crippen LogP contribution in [0, 0.1) is 0 Å². The smallest absolute Gasteiger partial charge is 0.119 e. The largest absolute Gasteiger partial charge is 0.497 e. The second kappa shape index (κ2) is 8.47. The van der Waals surface area contributed by atoms with Crippen LogP contribution in [0.3, 0.4) is 0 Å². The van der Waals surface area contributed by atoms with Crippen molar-refractivity contribution in [1.82, 2.24) is 0 Å². The molecule has 0 aliphatic rings. The molecule has 23 heavy (non-hydrogen) atoms. The molecule has 0 radical (unpaired) electrons. The fourth-order valence-corrected chi connectivity index (χ4v) is 2.78. The topological polar surface area (TPSA) is 21.7 Å². The highest BCUT2D eigenvalue weighted by Gasteiger charge is 2.14. The molecule has 2 aromatic rings. The molecule has 0 amide bonds. The van der Waals surface area contributed by atoms with E-state index in [1.54, 1.807) is 14.2 Å². The molecule has 1 atom stereocenters. The van der Waals surface area contributed by atoms with Gasteiger partial charge in [0.25, 0.3) is 0 Å². The van der Waals surface area contributed by atoms with Gasteiger partial charge in [-0.15, -0.1) is 0 Å². The van der Waals surface area contributed by atoms with E-state index in [-0.39, 0.29) is 0 Å². The quantitative estimate of drug-likeness (QED) is 0.692. The SMILES string of the molecule is CCCC(C)N(Cc1ccc(OC)cc1)c1ccc(OC)cc1. The van der Waals surface area contributed by atoms with Gasteiger partial charge in [0.05, 0.1) is 14.2 Å². The van der Waals surface area contributed by atoms with Crippen LogP contribution in [0.4, 0.5) is 5.69 Å². The molecular formula is C20H27NO2. The predicted molar refractivity (Wildman–Crippen MR) is 96.5 cm³/mol. The Balaban J connectivity index is 2.21. The predicted octanol–water partition coefficient (Wildman–Crippen LogP) is 4.90. The fraction of sp³-hybridized carbons (Fsp3) is 0.400. The van der Waals surface area contributed by atoms with E-state index in [1.165, 1.54) is 24.1 Å². The summed E-state index contributed by atoms with van der Waals surface area (Å²) in [5, 5.41) is 0. The zero-order valence-electron chi connectivity index (χ0n) is 14.6. The van der Waals surface area contributed by atoms with Gasteiger partial charge in [0.1, 0.15) is 11.5 Å². The first-order valence-electron chi connectivity index (χ1n) is 8.21. The van der Waals surface area contributed by atoms with E-state index in [2.05, 4.69) is 43.0 Å². The maximum absolute atomic E-state index is 5.27. The molecule has 3 heteroatoms. The summed E-state index contributed by atoms with van der Waals surface area (Å²) in [7, 11) is 3.39.